The highest BCUT2D eigenvalue weighted by molar-refractivity contribution is 6.06. The van der Waals surface area contributed by atoms with E-state index in [0.29, 0.717) is 34.9 Å². The third-order valence-corrected chi connectivity index (χ3v) is 6.03. The summed E-state index contributed by atoms with van der Waals surface area (Å²) in [5, 5.41) is 2.92. The van der Waals surface area contributed by atoms with Crippen molar-refractivity contribution >= 4 is 17.5 Å². The van der Waals surface area contributed by atoms with Crippen LogP contribution in [0.3, 0.4) is 0 Å². The number of carbonyl (C=O) groups excluding carboxylic acids is 2. The fourth-order valence-corrected chi connectivity index (χ4v) is 4.13. The number of anilines is 1. The number of ether oxygens (including phenoxy) is 2. The zero-order chi connectivity index (χ0) is 25.6. The van der Waals surface area contributed by atoms with E-state index in [2.05, 4.69) is 5.32 Å². The zero-order valence-electron chi connectivity index (χ0n) is 20.0. The number of amides is 2. The Morgan fingerprint density at radius 1 is 0.784 bits per heavy atom. The second-order valence-corrected chi connectivity index (χ2v) is 8.69. The monoisotopic (exact) mass is 496 g/mol. The molecule has 1 aliphatic rings. The van der Waals surface area contributed by atoms with E-state index in [9.17, 15) is 14.0 Å². The van der Waals surface area contributed by atoms with Gasteiger partial charge in [0.05, 0.1) is 13.0 Å². The molecule has 0 aromatic heterocycles. The molecule has 0 fully saturated rings. The van der Waals surface area contributed by atoms with Crippen LogP contribution in [0, 0.1) is 5.82 Å². The first-order chi connectivity index (χ1) is 18.0. The lowest BCUT2D eigenvalue weighted by molar-refractivity contribution is -0.120. The minimum Gasteiger partial charge on any atom is -0.454 e. The fraction of sp³-hybridized carbons (Fsp3) is 0.133. The summed E-state index contributed by atoms with van der Waals surface area (Å²) < 4.78 is 24.5. The number of nitrogens with zero attached hydrogens (tertiary/aromatic N) is 1. The van der Waals surface area contributed by atoms with Gasteiger partial charge in [-0.15, -0.1) is 0 Å². The van der Waals surface area contributed by atoms with Gasteiger partial charge >= 0.3 is 0 Å². The van der Waals surface area contributed by atoms with Crippen molar-refractivity contribution < 1.29 is 23.5 Å². The number of hydrogen-bond donors (Lipinski definition) is 1. The van der Waals surface area contributed by atoms with Crippen LogP contribution in [-0.4, -0.2) is 18.6 Å². The highest BCUT2D eigenvalue weighted by Gasteiger charge is 2.19. The number of fused-ring (bicyclic) bond motifs is 1. The summed E-state index contributed by atoms with van der Waals surface area (Å²) in [6, 6.07) is 28.0. The smallest absolute Gasteiger partial charge is 0.258 e. The molecule has 0 spiro atoms. The summed E-state index contributed by atoms with van der Waals surface area (Å²) >= 11 is 0. The number of hydrogen-bond acceptors (Lipinski definition) is 4. The van der Waals surface area contributed by atoms with Crippen LogP contribution in [0.1, 0.15) is 27.0 Å². The van der Waals surface area contributed by atoms with Crippen LogP contribution in [-0.2, 0) is 24.3 Å². The van der Waals surface area contributed by atoms with Crippen molar-refractivity contribution in [3.63, 3.8) is 0 Å². The average molecular weight is 497 g/mol. The molecule has 0 bridgehead atoms. The Morgan fingerprint density at radius 2 is 1.54 bits per heavy atom. The maximum Gasteiger partial charge on any atom is 0.258 e. The lowest BCUT2D eigenvalue weighted by atomic mass is 10.1. The van der Waals surface area contributed by atoms with E-state index in [1.54, 1.807) is 53.4 Å². The summed E-state index contributed by atoms with van der Waals surface area (Å²) in [6.07, 6.45) is 0.196. The summed E-state index contributed by atoms with van der Waals surface area (Å²) in [4.78, 5) is 27.5. The topological polar surface area (TPSA) is 67.9 Å². The molecule has 5 rings (SSSR count). The molecule has 0 unspecified atom stereocenters. The van der Waals surface area contributed by atoms with Gasteiger partial charge in [-0.25, -0.2) is 4.39 Å². The van der Waals surface area contributed by atoms with Crippen LogP contribution in [0.4, 0.5) is 10.1 Å². The number of rotatable bonds is 8. The minimum atomic E-state index is -0.355. The summed E-state index contributed by atoms with van der Waals surface area (Å²) in [7, 11) is 0. The van der Waals surface area contributed by atoms with E-state index in [4.69, 9.17) is 9.47 Å². The Hall–Kier alpha value is -4.65. The molecule has 0 radical (unpaired) electrons. The van der Waals surface area contributed by atoms with Gasteiger partial charge in [0.1, 0.15) is 5.82 Å². The first kappa shape index (κ1) is 24.1. The summed E-state index contributed by atoms with van der Waals surface area (Å²) in [5.41, 5.74) is 3.59. The predicted octanol–water partition coefficient (Wildman–Crippen LogP) is 5.26. The second kappa shape index (κ2) is 11.0. The Labute approximate surface area is 214 Å². The lowest BCUT2D eigenvalue weighted by Gasteiger charge is -2.23. The molecule has 7 heteroatoms. The molecular weight excluding hydrogens is 471 g/mol. The molecule has 4 aromatic rings. The van der Waals surface area contributed by atoms with Crippen molar-refractivity contribution in [3.8, 4) is 11.5 Å². The molecule has 6 nitrogen and oxygen atoms in total. The molecule has 1 N–H and O–H groups in total. The van der Waals surface area contributed by atoms with E-state index in [1.807, 2.05) is 36.4 Å². The van der Waals surface area contributed by atoms with E-state index in [0.717, 1.165) is 11.1 Å². The maximum atomic E-state index is 13.8. The van der Waals surface area contributed by atoms with Crippen LogP contribution < -0.4 is 19.7 Å². The fourth-order valence-electron chi connectivity index (χ4n) is 4.13. The Kier molecular flexibility index (Phi) is 7.12. The molecular formula is C30H25FN2O4. The Balaban J connectivity index is 1.26. The van der Waals surface area contributed by atoms with Gasteiger partial charge in [-0.1, -0.05) is 48.5 Å². The van der Waals surface area contributed by atoms with Gasteiger partial charge in [0.15, 0.2) is 11.5 Å². The van der Waals surface area contributed by atoms with Crippen molar-refractivity contribution in [3.05, 3.63) is 125 Å². The molecule has 0 atom stereocenters. The van der Waals surface area contributed by atoms with E-state index in [-0.39, 0.29) is 37.4 Å². The largest absolute Gasteiger partial charge is 0.454 e. The average Bonchev–Trinajstić information content (AvgIpc) is 3.39. The van der Waals surface area contributed by atoms with E-state index >= 15 is 0 Å². The Bertz CT molecular complexity index is 1410. The molecule has 186 valence electrons. The third-order valence-electron chi connectivity index (χ3n) is 6.03. The first-order valence-corrected chi connectivity index (χ1v) is 11.9. The number of halogens is 1. The standard InChI is InChI=1S/C30H25FN2O4/c31-25-8-4-5-23(15-25)19-33(30(35)24-6-2-1-3-7-24)26-12-9-21(10-13-26)17-29(34)32-18-22-11-14-27-28(16-22)37-20-36-27/h1-16H,17-20H2,(H,32,34). The Morgan fingerprint density at radius 3 is 2.32 bits per heavy atom. The second-order valence-electron chi connectivity index (χ2n) is 8.69. The van der Waals surface area contributed by atoms with Crippen molar-refractivity contribution in [1.29, 1.82) is 0 Å². The molecule has 1 heterocycles. The summed E-state index contributed by atoms with van der Waals surface area (Å²) in [5.74, 6) is 0.704. The van der Waals surface area contributed by atoms with Gasteiger partial charge in [0.2, 0.25) is 12.7 Å². The van der Waals surface area contributed by atoms with Crippen molar-refractivity contribution in [1.82, 2.24) is 5.32 Å². The van der Waals surface area contributed by atoms with Crippen molar-refractivity contribution in [2.45, 2.75) is 19.5 Å². The molecule has 37 heavy (non-hydrogen) atoms. The lowest BCUT2D eigenvalue weighted by Crippen LogP contribution is -2.30. The SMILES string of the molecule is O=C(Cc1ccc(N(Cc2cccc(F)c2)C(=O)c2ccccc2)cc1)NCc1ccc2c(c1)OCO2. The number of nitrogens with one attached hydrogen (secondary N) is 1. The van der Waals surface area contributed by atoms with E-state index < -0.39 is 0 Å². The quantitative estimate of drug-likeness (QED) is 0.361. The van der Waals surface area contributed by atoms with Gasteiger partial charge in [-0.3, -0.25) is 9.59 Å². The van der Waals surface area contributed by atoms with Crippen LogP contribution in [0.25, 0.3) is 0 Å². The summed E-state index contributed by atoms with van der Waals surface area (Å²) in [6.45, 7) is 0.791. The van der Waals surface area contributed by atoms with Crippen molar-refractivity contribution in [2.24, 2.45) is 0 Å². The van der Waals surface area contributed by atoms with Gasteiger partial charge < -0.3 is 19.7 Å². The van der Waals surface area contributed by atoms with Crippen molar-refractivity contribution in [2.75, 3.05) is 11.7 Å². The zero-order valence-corrected chi connectivity index (χ0v) is 20.0. The van der Waals surface area contributed by atoms with Gasteiger partial charge in [0, 0.05) is 17.8 Å². The molecule has 0 aliphatic carbocycles. The molecule has 4 aromatic carbocycles. The van der Waals surface area contributed by atoms with Gasteiger partial charge in [-0.05, 0) is 65.2 Å². The molecule has 0 saturated carbocycles. The van der Waals surface area contributed by atoms with Crippen LogP contribution >= 0.6 is 0 Å². The number of carbonyl (C=O) groups is 2. The van der Waals surface area contributed by atoms with Gasteiger partial charge in [0.25, 0.3) is 5.91 Å². The molecule has 0 saturated heterocycles. The predicted molar refractivity (Wildman–Crippen MR) is 138 cm³/mol. The maximum absolute atomic E-state index is 13.8. The highest BCUT2D eigenvalue weighted by atomic mass is 19.1. The third kappa shape index (κ3) is 5.95. The molecule has 2 amide bonds. The first-order valence-electron chi connectivity index (χ1n) is 11.9. The van der Waals surface area contributed by atoms with Gasteiger partial charge in [-0.2, -0.15) is 0 Å². The normalized spacial score (nSPS) is 11.7. The molecule has 1 aliphatic heterocycles. The van der Waals surface area contributed by atoms with Crippen LogP contribution in [0.5, 0.6) is 11.5 Å². The number of benzene rings is 4. The highest BCUT2D eigenvalue weighted by Crippen LogP contribution is 2.32. The van der Waals surface area contributed by atoms with E-state index in [1.165, 1.54) is 12.1 Å². The minimum absolute atomic E-state index is 0.123. The van der Waals surface area contributed by atoms with Crippen LogP contribution in [0.2, 0.25) is 0 Å². The van der Waals surface area contributed by atoms with Crippen LogP contribution in [0.15, 0.2) is 97.1 Å².